The predicted molar refractivity (Wildman–Crippen MR) is 137 cm³/mol. The number of anilines is 1. The summed E-state index contributed by atoms with van der Waals surface area (Å²) in [7, 11) is 0. The Bertz CT molecular complexity index is 1290. The SMILES string of the molecule is Cc1cc(Br)c(C(=O)O)cc1NC(=O)C(C)(C)NC(=O)OCC1c2ccccc2-c2ccccc21. The summed E-state index contributed by atoms with van der Waals surface area (Å²) in [4.78, 5) is 37.0. The molecule has 7 nitrogen and oxygen atoms in total. The van der Waals surface area contributed by atoms with Crippen molar-refractivity contribution in [1.82, 2.24) is 5.32 Å². The molecule has 2 amide bonds. The number of fused-ring (bicyclic) bond motifs is 3. The average molecular weight is 537 g/mol. The Morgan fingerprint density at radius 2 is 1.57 bits per heavy atom. The van der Waals surface area contributed by atoms with E-state index in [0.717, 1.165) is 22.3 Å². The number of carbonyl (C=O) groups excluding carboxylic acids is 2. The van der Waals surface area contributed by atoms with Crippen molar-refractivity contribution in [2.75, 3.05) is 11.9 Å². The van der Waals surface area contributed by atoms with Crippen molar-refractivity contribution in [3.05, 3.63) is 87.4 Å². The first-order valence-corrected chi connectivity index (χ1v) is 11.9. The molecule has 35 heavy (non-hydrogen) atoms. The van der Waals surface area contributed by atoms with Crippen LogP contribution in [0.2, 0.25) is 0 Å². The summed E-state index contributed by atoms with van der Waals surface area (Å²) in [5.41, 5.74) is 4.17. The fourth-order valence-electron chi connectivity index (χ4n) is 4.20. The highest BCUT2D eigenvalue weighted by Gasteiger charge is 2.33. The van der Waals surface area contributed by atoms with Crippen LogP contribution in [0.25, 0.3) is 11.1 Å². The zero-order valence-electron chi connectivity index (χ0n) is 19.5. The van der Waals surface area contributed by atoms with Gasteiger partial charge in [-0.2, -0.15) is 0 Å². The van der Waals surface area contributed by atoms with Crippen molar-refractivity contribution >= 4 is 39.6 Å². The highest BCUT2D eigenvalue weighted by molar-refractivity contribution is 9.10. The first kappa shape index (κ1) is 24.5. The third kappa shape index (κ3) is 4.93. The van der Waals surface area contributed by atoms with E-state index >= 15 is 0 Å². The maximum atomic E-state index is 12.9. The minimum Gasteiger partial charge on any atom is -0.478 e. The summed E-state index contributed by atoms with van der Waals surface area (Å²) in [5, 5.41) is 14.7. The lowest BCUT2D eigenvalue weighted by atomic mass is 9.98. The zero-order chi connectivity index (χ0) is 25.3. The maximum absolute atomic E-state index is 12.9. The lowest BCUT2D eigenvalue weighted by Gasteiger charge is -2.26. The Morgan fingerprint density at radius 3 is 2.14 bits per heavy atom. The van der Waals surface area contributed by atoms with E-state index in [2.05, 4.69) is 38.7 Å². The molecule has 0 saturated carbocycles. The minimum absolute atomic E-state index is 0.0215. The van der Waals surface area contributed by atoms with Gasteiger partial charge in [-0.25, -0.2) is 9.59 Å². The summed E-state index contributed by atoms with van der Waals surface area (Å²) >= 11 is 3.22. The smallest absolute Gasteiger partial charge is 0.408 e. The van der Waals surface area contributed by atoms with E-state index in [1.165, 1.54) is 6.07 Å². The monoisotopic (exact) mass is 536 g/mol. The van der Waals surface area contributed by atoms with E-state index in [4.69, 9.17) is 4.74 Å². The molecule has 0 unspecified atom stereocenters. The van der Waals surface area contributed by atoms with Crippen LogP contribution in [-0.2, 0) is 9.53 Å². The van der Waals surface area contributed by atoms with Crippen LogP contribution in [0.5, 0.6) is 0 Å². The molecule has 3 aromatic carbocycles. The summed E-state index contributed by atoms with van der Waals surface area (Å²) < 4.78 is 5.97. The molecule has 0 saturated heterocycles. The van der Waals surface area contributed by atoms with Crippen LogP contribution in [-0.4, -0.2) is 35.2 Å². The molecule has 4 rings (SSSR count). The normalized spacial score (nSPS) is 12.5. The third-order valence-corrected chi connectivity index (χ3v) is 6.77. The van der Waals surface area contributed by atoms with Crippen LogP contribution in [0.3, 0.4) is 0 Å². The van der Waals surface area contributed by atoms with Crippen molar-refractivity contribution < 1.29 is 24.2 Å². The second-order valence-electron chi connectivity index (χ2n) is 8.98. The van der Waals surface area contributed by atoms with Gasteiger partial charge < -0.3 is 20.5 Å². The maximum Gasteiger partial charge on any atom is 0.408 e. The van der Waals surface area contributed by atoms with Gasteiger partial charge in [0.05, 0.1) is 5.56 Å². The molecular weight excluding hydrogens is 512 g/mol. The molecule has 1 aliphatic carbocycles. The number of carboxylic acid groups (broad SMARTS) is 1. The number of nitrogens with one attached hydrogen (secondary N) is 2. The number of alkyl carbamates (subject to hydrolysis) is 1. The van der Waals surface area contributed by atoms with Crippen molar-refractivity contribution in [2.45, 2.75) is 32.2 Å². The Morgan fingerprint density at radius 1 is 1.00 bits per heavy atom. The largest absolute Gasteiger partial charge is 0.478 e. The second-order valence-corrected chi connectivity index (χ2v) is 9.84. The summed E-state index contributed by atoms with van der Waals surface area (Å²) in [5.74, 6) is -1.72. The van der Waals surface area contributed by atoms with E-state index in [-0.39, 0.29) is 18.1 Å². The van der Waals surface area contributed by atoms with Gasteiger partial charge in [0.1, 0.15) is 12.1 Å². The Hall–Kier alpha value is -3.65. The van der Waals surface area contributed by atoms with Crippen LogP contribution in [0.1, 0.15) is 46.8 Å². The molecular formula is C27H25BrN2O5. The number of ether oxygens (including phenoxy) is 1. The van der Waals surface area contributed by atoms with Gasteiger partial charge in [-0.15, -0.1) is 0 Å². The second kappa shape index (κ2) is 9.54. The number of aromatic carboxylic acids is 1. The first-order chi connectivity index (χ1) is 16.6. The molecule has 0 fully saturated rings. The number of benzene rings is 3. The quantitative estimate of drug-likeness (QED) is 0.374. The number of carbonyl (C=O) groups is 3. The van der Waals surface area contributed by atoms with Gasteiger partial charge in [-0.1, -0.05) is 48.5 Å². The Labute approximate surface area is 211 Å². The van der Waals surface area contributed by atoms with Gasteiger partial charge in [-0.3, -0.25) is 4.79 Å². The van der Waals surface area contributed by atoms with E-state index < -0.39 is 23.5 Å². The van der Waals surface area contributed by atoms with Gasteiger partial charge in [0, 0.05) is 16.1 Å². The molecule has 0 bridgehead atoms. The predicted octanol–water partition coefficient (Wildman–Crippen LogP) is 5.71. The van der Waals surface area contributed by atoms with Gasteiger partial charge in [0.25, 0.3) is 0 Å². The number of aryl methyl sites for hydroxylation is 1. The summed E-state index contributed by atoms with van der Waals surface area (Å²) in [6, 6.07) is 19.1. The molecule has 0 aromatic heterocycles. The molecule has 0 radical (unpaired) electrons. The molecule has 180 valence electrons. The van der Waals surface area contributed by atoms with Crippen molar-refractivity contribution in [3.8, 4) is 11.1 Å². The van der Waals surface area contributed by atoms with E-state index in [0.29, 0.717) is 15.7 Å². The highest BCUT2D eigenvalue weighted by Crippen LogP contribution is 2.44. The third-order valence-electron chi connectivity index (χ3n) is 6.12. The fraction of sp³-hybridized carbons (Fsp3) is 0.222. The molecule has 3 N–H and O–H groups in total. The lowest BCUT2D eigenvalue weighted by Crippen LogP contribution is -2.52. The van der Waals surface area contributed by atoms with Crippen LogP contribution < -0.4 is 10.6 Å². The standard InChI is InChI=1S/C27H25BrN2O5/c1-15-12-22(28)20(24(31)32)13-23(15)29-25(33)27(2,3)30-26(34)35-14-21-18-10-6-4-8-16(18)17-9-5-7-11-19(17)21/h4-13,21H,14H2,1-3H3,(H,29,33)(H,30,34)(H,31,32). The van der Waals surface area contributed by atoms with E-state index in [1.54, 1.807) is 26.8 Å². The number of hydrogen-bond acceptors (Lipinski definition) is 4. The van der Waals surface area contributed by atoms with Crippen molar-refractivity contribution in [2.24, 2.45) is 0 Å². The molecule has 0 heterocycles. The van der Waals surface area contributed by atoms with Crippen LogP contribution >= 0.6 is 15.9 Å². The van der Waals surface area contributed by atoms with Crippen LogP contribution in [0.15, 0.2) is 65.1 Å². The van der Waals surface area contributed by atoms with Gasteiger partial charge >= 0.3 is 12.1 Å². The molecule has 1 aliphatic rings. The first-order valence-electron chi connectivity index (χ1n) is 11.1. The molecule has 8 heteroatoms. The summed E-state index contributed by atoms with van der Waals surface area (Å²) in [6.07, 6.45) is -0.717. The topological polar surface area (TPSA) is 105 Å². The minimum atomic E-state index is -1.31. The van der Waals surface area contributed by atoms with Crippen molar-refractivity contribution in [1.29, 1.82) is 0 Å². The van der Waals surface area contributed by atoms with E-state index in [9.17, 15) is 19.5 Å². The number of carboxylic acids is 1. The number of amides is 2. The number of halogens is 1. The fourth-order valence-corrected chi connectivity index (χ4v) is 4.82. The summed E-state index contributed by atoms with van der Waals surface area (Å²) in [6.45, 7) is 4.98. The van der Waals surface area contributed by atoms with Gasteiger partial charge in [-0.05, 0) is 76.7 Å². The Kier molecular flexibility index (Phi) is 6.67. The molecule has 0 aliphatic heterocycles. The highest BCUT2D eigenvalue weighted by atomic mass is 79.9. The lowest BCUT2D eigenvalue weighted by molar-refractivity contribution is -0.121. The van der Waals surface area contributed by atoms with Crippen LogP contribution in [0.4, 0.5) is 10.5 Å². The number of rotatable bonds is 6. The Balaban J connectivity index is 1.43. The average Bonchev–Trinajstić information content (AvgIpc) is 3.12. The van der Waals surface area contributed by atoms with Gasteiger partial charge in [0.15, 0.2) is 0 Å². The molecule has 0 atom stereocenters. The van der Waals surface area contributed by atoms with Crippen LogP contribution in [0, 0.1) is 6.92 Å². The zero-order valence-corrected chi connectivity index (χ0v) is 21.1. The van der Waals surface area contributed by atoms with Crippen molar-refractivity contribution in [3.63, 3.8) is 0 Å². The molecule has 0 spiro atoms. The van der Waals surface area contributed by atoms with E-state index in [1.807, 2.05) is 36.4 Å². The molecule has 3 aromatic rings. The number of hydrogen-bond donors (Lipinski definition) is 3. The van der Waals surface area contributed by atoms with Gasteiger partial charge in [0.2, 0.25) is 5.91 Å².